The number of rotatable bonds is 1. The summed E-state index contributed by atoms with van der Waals surface area (Å²) in [6, 6.07) is 0.555. The lowest BCUT2D eigenvalue weighted by Gasteiger charge is -2.33. The molecule has 2 fully saturated rings. The molecule has 1 aliphatic carbocycles. The highest BCUT2D eigenvalue weighted by Gasteiger charge is 2.31. The average molecular weight is 240 g/mol. The van der Waals surface area contributed by atoms with E-state index >= 15 is 0 Å². The summed E-state index contributed by atoms with van der Waals surface area (Å²) in [4.78, 5) is 4.93. The van der Waals surface area contributed by atoms with Crippen LogP contribution in [0.25, 0.3) is 0 Å². The summed E-state index contributed by atoms with van der Waals surface area (Å²) in [6.45, 7) is 9.24. The molecule has 1 saturated carbocycles. The standard InChI is InChI=1S/C13H24N2S/c1-9-5-6-11(10(9)2)14-12-15-13(3,4)7-8-16-12/h9-11H,5-8H2,1-4H3,(H,14,15). The molecule has 2 nitrogen and oxygen atoms in total. The molecule has 1 aliphatic heterocycles. The summed E-state index contributed by atoms with van der Waals surface area (Å²) in [5.74, 6) is 2.80. The highest BCUT2D eigenvalue weighted by Crippen LogP contribution is 2.34. The molecular weight excluding hydrogens is 216 g/mol. The number of aliphatic imine (C=N–C) groups is 1. The van der Waals surface area contributed by atoms with Crippen LogP contribution in [0.5, 0.6) is 0 Å². The second kappa shape index (κ2) is 4.59. The van der Waals surface area contributed by atoms with Crippen LogP contribution in [0.1, 0.15) is 47.0 Å². The minimum Gasteiger partial charge on any atom is -0.360 e. The minimum atomic E-state index is 0.234. The average Bonchev–Trinajstić information content (AvgIpc) is 2.48. The first-order valence-electron chi connectivity index (χ1n) is 6.47. The van der Waals surface area contributed by atoms with Gasteiger partial charge in [-0.2, -0.15) is 0 Å². The van der Waals surface area contributed by atoms with Gasteiger partial charge < -0.3 is 5.32 Å². The van der Waals surface area contributed by atoms with Gasteiger partial charge in [0.1, 0.15) is 0 Å². The Morgan fingerprint density at radius 3 is 2.62 bits per heavy atom. The number of nitrogens with zero attached hydrogens (tertiary/aromatic N) is 1. The van der Waals surface area contributed by atoms with Gasteiger partial charge in [-0.1, -0.05) is 25.6 Å². The number of hydrogen-bond acceptors (Lipinski definition) is 2. The third-order valence-corrected chi connectivity index (χ3v) is 5.01. The predicted octanol–water partition coefficient (Wildman–Crippen LogP) is 3.28. The summed E-state index contributed by atoms with van der Waals surface area (Å²) in [6.07, 6.45) is 3.85. The van der Waals surface area contributed by atoms with E-state index in [-0.39, 0.29) is 5.54 Å². The van der Waals surface area contributed by atoms with E-state index in [1.807, 2.05) is 11.8 Å². The number of nitrogens with one attached hydrogen (secondary N) is 1. The Hall–Kier alpha value is -0.180. The van der Waals surface area contributed by atoms with Crippen LogP contribution >= 0.6 is 11.8 Å². The van der Waals surface area contributed by atoms with Gasteiger partial charge in [0.15, 0.2) is 5.17 Å². The molecule has 1 heterocycles. The lowest BCUT2D eigenvalue weighted by Crippen LogP contribution is -2.46. The zero-order valence-corrected chi connectivity index (χ0v) is 11.7. The molecular formula is C13H24N2S. The third-order valence-electron chi connectivity index (χ3n) is 4.12. The minimum absolute atomic E-state index is 0.234. The molecule has 2 rings (SSSR count). The topological polar surface area (TPSA) is 24.4 Å². The molecule has 0 aromatic heterocycles. The summed E-state index contributed by atoms with van der Waals surface area (Å²) >= 11 is 1.89. The SMILES string of the molecule is CC1CCC(N=C2NC(C)(C)CCS2)C1C. The largest absolute Gasteiger partial charge is 0.360 e. The van der Waals surface area contributed by atoms with Crippen LogP contribution in [0.4, 0.5) is 0 Å². The molecule has 1 saturated heterocycles. The van der Waals surface area contributed by atoms with Crippen molar-refractivity contribution in [1.82, 2.24) is 5.32 Å². The van der Waals surface area contributed by atoms with Crippen molar-refractivity contribution >= 4 is 16.9 Å². The molecule has 0 bridgehead atoms. The Morgan fingerprint density at radius 2 is 2.06 bits per heavy atom. The molecule has 0 spiro atoms. The first-order chi connectivity index (χ1) is 7.48. The van der Waals surface area contributed by atoms with E-state index < -0.39 is 0 Å². The summed E-state index contributed by atoms with van der Waals surface area (Å²) in [7, 11) is 0. The summed E-state index contributed by atoms with van der Waals surface area (Å²) in [5, 5.41) is 4.75. The van der Waals surface area contributed by atoms with Crippen molar-refractivity contribution in [1.29, 1.82) is 0 Å². The Bertz CT molecular complexity index is 286. The van der Waals surface area contributed by atoms with Crippen molar-refractivity contribution in [2.24, 2.45) is 16.8 Å². The lowest BCUT2D eigenvalue weighted by atomic mass is 9.98. The van der Waals surface area contributed by atoms with E-state index in [2.05, 4.69) is 33.0 Å². The second-order valence-corrected chi connectivity index (χ2v) is 7.11. The fraction of sp³-hybridized carbons (Fsp3) is 0.923. The summed E-state index contributed by atoms with van der Waals surface area (Å²) in [5.41, 5.74) is 0.234. The van der Waals surface area contributed by atoms with Crippen LogP contribution < -0.4 is 5.32 Å². The van der Waals surface area contributed by atoms with Crippen LogP contribution in [0, 0.1) is 11.8 Å². The first-order valence-corrected chi connectivity index (χ1v) is 7.45. The number of amidine groups is 1. The molecule has 3 unspecified atom stereocenters. The zero-order chi connectivity index (χ0) is 11.8. The molecule has 0 aromatic carbocycles. The van der Waals surface area contributed by atoms with Gasteiger partial charge in [-0.15, -0.1) is 0 Å². The number of thioether (sulfide) groups is 1. The molecule has 2 aliphatic rings. The van der Waals surface area contributed by atoms with Gasteiger partial charge in [0.25, 0.3) is 0 Å². The highest BCUT2D eigenvalue weighted by atomic mass is 32.2. The maximum absolute atomic E-state index is 4.93. The van der Waals surface area contributed by atoms with Crippen LogP contribution in [-0.2, 0) is 0 Å². The predicted molar refractivity (Wildman–Crippen MR) is 73.1 cm³/mol. The van der Waals surface area contributed by atoms with Crippen molar-refractivity contribution in [3.8, 4) is 0 Å². The van der Waals surface area contributed by atoms with E-state index in [1.165, 1.54) is 30.2 Å². The Balaban J connectivity index is 2.01. The van der Waals surface area contributed by atoms with Crippen molar-refractivity contribution in [2.45, 2.75) is 58.5 Å². The van der Waals surface area contributed by atoms with Crippen molar-refractivity contribution < 1.29 is 0 Å². The van der Waals surface area contributed by atoms with Crippen molar-refractivity contribution in [3.05, 3.63) is 0 Å². The third kappa shape index (κ3) is 2.73. The fourth-order valence-electron chi connectivity index (χ4n) is 2.53. The van der Waals surface area contributed by atoms with Gasteiger partial charge >= 0.3 is 0 Å². The van der Waals surface area contributed by atoms with Crippen LogP contribution in [0.3, 0.4) is 0 Å². The molecule has 3 heteroatoms. The second-order valence-electron chi connectivity index (χ2n) is 6.02. The monoisotopic (exact) mass is 240 g/mol. The molecule has 16 heavy (non-hydrogen) atoms. The fourth-order valence-corrected chi connectivity index (χ4v) is 3.90. The molecule has 3 atom stereocenters. The van der Waals surface area contributed by atoms with Crippen LogP contribution in [-0.4, -0.2) is 22.5 Å². The van der Waals surface area contributed by atoms with Crippen molar-refractivity contribution in [2.75, 3.05) is 5.75 Å². The van der Waals surface area contributed by atoms with Gasteiger partial charge in [-0.05, 0) is 44.9 Å². The van der Waals surface area contributed by atoms with Crippen molar-refractivity contribution in [3.63, 3.8) is 0 Å². The zero-order valence-electron chi connectivity index (χ0n) is 10.9. The lowest BCUT2D eigenvalue weighted by molar-refractivity contribution is 0.417. The number of hydrogen-bond donors (Lipinski definition) is 1. The van der Waals surface area contributed by atoms with Gasteiger partial charge in [0.2, 0.25) is 0 Å². The molecule has 92 valence electrons. The van der Waals surface area contributed by atoms with Gasteiger partial charge in [-0.25, -0.2) is 0 Å². The Kier molecular flexibility index (Phi) is 3.53. The smallest absolute Gasteiger partial charge is 0.157 e. The quantitative estimate of drug-likeness (QED) is 0.760. The van der Waals surface area contributed by atoms with Crippen LogP contribution in [0.15, 0.2) is 4.99 Å². The van der Waals surface area contributed by atoms with Gasteiger partial charge in [0.05, 0.1) is 6.04 Å². The maximum Gasteiger partial charge on any atom is 0.157 e. The Morgan fingerprint density at radius 1 is 1.31 bits per heavy atom. The normalized spacial score (nSPS) is 41.0. The highest BCUT2D eigenvalue weighted by molar-refractivity contribution is 8.13. The van der Waals surface area contributed by atoms with Gasteiger partial charge in [-0.3, -0.25) is 4.99 Å². The van der Waals surface area contributed by atoms with E-state index in [0.29, 0.717) is 6.04 Å². The molecule has 0 aromatic rings. The maximum atomic E-state index is 4.93. The molecule has 0 amide bonds. The van der Waals surface area contributed by atoms with E-state index in [0.717, 1.165) is 11.8 Å². The molecule has 1 N–H and O–H groups in total. The molecule has 0 radical (unpaired) electrons. The Labute approximate surface area is 104 Å². The van der Waals surface area contributed by atoms with E-state index in [4.69, 9.17) is 4.99 Å². The first kappa shape index (κ1) is 12.3. The van der Waals surface area contributed by atoms with Crippen LogP contribution in [0.2, 0.25) is 0 Å². The summed E-state index contributed by atoms with van der Waals surface area (Å²) < 4.78 is 0. The van der Waals surface area contributed by atoms with Gasteiger partial charge in [0, 0.05) is 11.3 Å². The van der Waals surface area contributed by atoms with E-state index in [1.54, 1.807) is 0 Å². The van der Waals surface area contributed by atoms with E-state index in [9.17, 15) is 0 Å².